The van der Waals surface area contributed by atoms with Gasteiger partial charge < -0.3 is 15.7 Å². The maximum atomic E-state index is 12.0. The van der Waals surface area contributed by atoms with Gasteiger partial charge in [-0.25, -0.2) is 14.6 Å². The molecule has 0 saturated heterocycles. The van der Waals surface area contributed by atoms with Crippen molar-refractivity contribution in [2.45, 2.75) is 53.1 Å². The molecule has 2 amide bonds. The van der Waals surface area contributed by atoms with Crippen LogP contribution in [0.5, 0.6) is 0 Å². The second-order valence-corrected chi connectivity index (χ2v) is 6.46. The number of aliphatic carboxylic acids is 1. The van der Waals surface area contributed by atoms with Crippen molar-refractivity contribution in [3.63, 3.8) is 0 Å². The van der Waals surface area contributed by atoms with E-state index in [2.05, 4.69) is 15.6 Å². The summed E-state index contributed by atoms with van der Waals surface area (Å²) >= 11 is 1.53. The van der Waals surface area contributed by atoms with Gasteiger partial charge in [-0.2, -0.15) is 0 Å². The average molecular weight is 313 g/mol. The number of carboxylic acids is 1. The number of carbonyl (C=O) groups excluding carboxylic acids is 1. The fourth-order valence-electron chi connectivity index (χ4n) is 2.08. The molecule has 0 spiro atoms. The van der Waals surface area contributed by atoms with Crippen molar-refractivity contribution in [3.05, 3.63) is 15.6 Å². The van der Waals surface area contributed by atoms with E-state index < -0.39 is 18.0 Å². The van der Waals surface area contributed by atoms with Crippen molar-refractivity contribution in [3.8, 4) is 0 Å². The highest BCUT2D eigenvalue weighted by atomic mass is 32.1. The number of hydrogen-bond acceptors (Lipinski definition) is 4. The topological polar surface area (TPSA) is 91.3 Å². The summed E-state index contributed by atoms with van der Waals surface area (Å²) in [6.45, 7) is 9.37. The molecule has 0 bridgehead atoms. The third kappa shape index (κ3) is 4.70. The van der Waals surface area contributed by atoms with Crippen LogP contribution in [0.15, 0.2) is 0 Å². The van der Waals surface area contributed by atoms with E-state index >= 15 is 0 Å². The highest BCUT2D eigenvalue weighted by Crippen LogP contribution is 2.24. The number of urea groups is 1. The van der Waals surface area contributed by atoms with Crippen LogP contribution in [0.2, 0.25) is 0 Å². The van der Waals surface area contributed by atoms with E-state index in [1.807, 2.05) is 27.7 Å². The molecule has 118 valence electrons. The monoisotopic (exact) mass is 313 g/mol. The van der Waals surface area contributed by atoms with Gasteiger partial charge in [-0.15, -0.1) is 11.3 Å². The molecule has 3 atom stereocenters. The van der Waals surface area contributed by atoms with E-state index in [4.69, 9.17) is 0 Å². The Morgan fingerprint density at radius 2 is 1.90 bits per heavy atom. The molecule has 0 aliphatic rings. The SMILES string of the molecule is CC[C@H](C)[C@H](NC(=O)NC(C)c1sc(C)nc1C)C(=O)O. The summed E-state index contributed by atoms with van der Waals surface area (Å²) in [5.74, 6) is -1.15. The summed E-state index contributed by atoms with van der Waals surface area (Å²) in [4.78, 5) is 28.5. The first kappa shape index (κ1) is 17.4. The van der Waals surface area contributed by atoms with Gasteiger partial charge in [-0.1, -0.05) is 20.3 Å². The molecule has 1 aromatic rings. The zero-order valence-electron chi connectivity index (χ0n) is 13.1. The van der Waals surface area contributed by atoms with Crippen LogP contribution < -0.4 is 10.6 Å². The van der Waals surface area contributed by atoms with Gasteiger partial charge in [-0.3, -0.25) is 0 Å². The number of nitrogens with one attached hydrogen (secondary N) is 2. The van der Waals surface area contributed by atoms with Gasteiger partial charge in [0.1, 0.15) is 6.04 Å². The van der Waals surface area contributed by atoms with Crippen molar-refractivity contribution in [1.82, 2.24) is 15.6 Å². The Bertz CT molecular complexity index is 516. The van der Waals surface area contributed by atoms with Gasteiger partial charge in [0, 0.05) is 4.88 Å². The summed E-state index contributed by atoms with van der Waals surface area (Å²) in [5.41, 5.74) is 0.891. The van der Waals surface area contributed by atoms with Crippen LogP contribution in [0.3, 0.4) is 0 Å². The highest BCUT2D eigenvalue weighted by Gasteiger charge is 2.26. The van der Waals surface area contributed by atoms with Gasteiger partial charge in [0.2, 0.25) is 0 Å². The predicted molar refractivity (Wildman–Crippen MR) is 82.5 cm³/mol. The number of rotatable bonds is 6. The molecule has 1 rings (SSSR count). The van der Waals surface area contributed by atoms with Gasteiger partial charge in [0.05, 0.1) is 16.7 Å². The fourth-order valence-corrected chi connectivity index (χ4v) is 3.01. The van der Waals surface area contributed by atoms with Crippen molar-refractivity contribution < 1.29 is 14.7 Å². The number of amides is 2. The van der Waals surface area contributed by atoms with E-state index in [1.165, 1.54) is 11.3 Å². The van der Waals surface area contributed by atoms with E-state index in [-0.39, 0.29) is 12.0 Å². The Balaban J connectivity index is 2.68. The summed E-state index contributed by atoms with van der Waals surface area (Å²) in [6.07, 6.45) is 0.681. The number of thiazole rings is 1. The molecule has 0 fully saturated rings. The van der Waals surface area contributed by atoms with Crippen LogP contribution in [0.1, 0.15) is 48.8 Å². The molecule has 0 saturated carbocycles. The molecule has 3 N–H and O–H groups in total. The van der Waals surface area contributed by atoms with Gasteiger partial charge in [-0.05, 0) is 26.7 Å². The molecule has 0 aliphatic heterocycles. The Hall–Kier alpha value is -1.63. The van der Waals surface area contributed by atoms with Crippen LogP contribution in [0.25, 0.3) is 0 Å². The number of nitrogens with zero attached hydrogens (tertiary/aromatic N) is 1. The van der Waals surface area contributed by atoms with E-state index in [1.54, 1.807) is 6.92 Å². The summed E-state index contributed by atoms with van der Waals surface area (Å²) in [5, 5.41) is 15.4. The molecular weight excluding hydrogens is 290 g/mol. The molecule has 1 unspecified atom stereocenters. The van der Waals surface area contributed by atoms with Gasteiger partial charge in [0.15, 0.2) is 0 Å². The number of aromatic nitrogens is 1. The first-order valence-corrected chi connectivity index (χ1v) is 7.81. The van der Waals surface area contributed by atoms with Crippen LogP contribution >= 0.6 is 11.3 Å². The quantitative estimate of drug-likeness (QED) is 0.753. The predicted octanol–water partition coefficient (Wildman–Crippen LogP) is 2.62. The van der Waals surface area contributed by atoms with Crippen LogP contribution in [0.4, 0.5) is 4.79 Å². The largest absolute Gasteiger partial charge is 0.480 e. The smallest absolute Gasteiger partial charge is 0.326 e. The molecule has 0 aliphatic carbocycles. The van der Waals surface area contributed by atoms with Crippen molar-refractivity contribution in [1.29, 1.82) is 0 Å². The third-order valence-electron chi connectivity index (χ3n) is 3.45. The maximum Gasteiger partial charge on any atom is 0.326 e. The number of aryl methyl sites for hydroxylation is 2. The van der Waals surface area contributed by atoms with E-state index in [0.717, 1.165) is 15.6 Å². The fraction of sp³-hybridized carbons (Fsp3) is 0.643. The van der Waals surface area contributed by atoms with Crippen molar-refractivity contribution >= 4 is 23.3 Å². The average Bonchev–Trinajstić information content (AvgIpc) is 2.73. The van der Waals surface area contributed by atoms with Gasteiger partial charge in [0.25, 0.3) is 0 Å². The minimum atomic E-state index is -1.02. The van der Waals surface area contributed by atoms with Crippen LogP contribution in [-0.4, -0.2) is 28.1 Å². The van der Waals surface area contributed by atoms with E-state index in [0.29, 0.717) is 6.42 Å². The first-order chi connectivity index (χ1) is 9.76. The Morgan fingerprint density at radius 1 is 1.29 bits per heavy atom. The molecule has 6 nitrogen and oxygen atoms in total. The Morgan fingerprint density at radius 3 is 2.33 bits per heavy atom. The minimum Gasteiger partial charge on any atom is -0.480 e. The molecule has 7 heteroatoms. The maximum absolute atomic E-state index is 12.0. The Labute approximate surface area is 129 Å². The summed E-state index contributed by atoms with van der Waals surface area (Å²) < 4.78 is 0. The lowest BCUT2D eigenvalue weighted by molar-refractivity contribution is -0.140. The van der Waals surface area contributed by atoms with E-state index in [9.17, 15) is 14.7 Å². The number of carbonyl (C=O) groups is 2. The normalized spacial score (nSPS) is 15.1. The molecular formula is C14H23N3O3S. The highest BCUT2D eigenvalue weighted by molar-refractivity contribution is 7.11. The molecule has 0 aromatic carbocycles. The zero-order chi connectivity index (χ0) is 16.2. The Kier molecular flexibility index (Phi) is 6.14. The van der Waals surface area contributed by atoms with Crippen molar-refractivity contribution in [2.24, 2.45) is 5.92 Å². The second-order valence-electron chi connectivity index (χ2n) is 5.22. The standard InChI is InChI=1S/C14H23N3O3S/c1-6-7(2)11(13(18)19)17-14(20)16-9(4)12-8(3)15-10(5)21-12/h7,9,11H,6H2,1-5H3,(H,18,19)(H2,16,17,20)/t7-,9?,11-/m0/s1. The second kappa shape index (κ2) is 7.40. The molecule has 21 heavy (non-hydrogen) atoms. The molecule has 1 heterocycles. The van der Waals surface area contributed by atoms with Crippen LogP contribution in [0, 0.1) is 19.8 Å². The van der Waals surface area contributed by atoms with Crippen LogP contribution in [-0.2, 0) is 4.79 Å². The first-order valence-electron chi connectivity index (χ1n) is 7.00. The lowest BCUT2D eigenvalue weighted by atomic mass is 9.99. The van der Waals surface area contributed by atoms with Crippen molar-refractivity contribution in [2.75, 3.05) is 0 Å². The van der Waals surface area contributed by atoms with Gasteiger partial charge >= 0.3 is 12.0 Å². The number of carboxylic acid groups (broad SMARTS) is 1. The zero-order valence-corrected chi connectivity index (χ0v) is 13.9. The lowest BCUT2D eigenvalue weighted by Gasteiger charge is -2.22. The molecule has 0 radical (unpaired) electrons. The lowest BCUT2D eigenvalue weighted by Crippen LogP contribution is -2.49. The number of hydrogen-bond donors (Lipinski definition) is 3. The summed E-state index contributed by atoms with van der Waals surface area (Å²) in [7, 11) is 0. The minimum absolute atomic E-state index is 0.129. The summed E-state index contributed by atoms with van der Waals surface area (Å²) in [6, 6.07) is -1.56. The molecule has 1 aromatic heterocycles. The third-order valence-corrected chi connectivity index (χ3v) is 4.70.